The molecule has 136 valence electrons. The van der Waals surface area contributed by atoms with Gasteiger partial charge >= 0.3 is 0 Å². The molecule has 0 aliphatic heterocycles. The van der Waals surface area contributed by atoms with Crippen molar-refractivity contribution in [2.24, 2.45) is 0 Å². The van der Waals surface area contributed by atoms with Crippen molar-refractivity contribution in [1.29, 1.82) is 0 Å². The van der Waals surface area contributed by atoms with Crippen molar-refractivity contribution < 1.29 is 4.79 Å². The Labute approximate surface area is 149 Å². The highest BCUT2D eigenvalue weighted by molar-refractivity contribution is 5.80. The summed E-state index contributed by atoms with van der Waals surface area (Å²) in [6.07, 6.45) is 28.6. The van der Waals surface area contributed by atoms with Crippen LogP contribution in [0.1, 0.15) is 71.1 Å². The van der Waals surface area contributed by atoms with Crippen molar-refractivity contribution >= 4 is 5.78 Å². The van der Waals surface area contributed by atoms with Crippen molar-refractivity contribution in [3.8, 4) is 0 Å². The molecular formula is C22H37NO. The van der Waals surface area contributed by atoms with E-state index in [-0.39, 0.29) is 0 Å². The molecule has 0 bridgehead atoms. The zero-order valence-electron chi connectivity index (χ0n) is 15.8. The third-order valence-corrected chi connectivity index (χ3v) is 3.66. The van der Waals surface area contributed by atoms with Crippen LogP contribution in [0.15, 0.2) is 48.6 Å². The number of hydrogen-bond donors (Lipinski definition) is 1. The van der Waals surface area contributed by atoms with E-state index in [0.717, 1.165) is 32.1 Å². The Hall–Kier alpha value is -1.41. The van der Waals surface area contributed by atoms with Gasteiger partial charge in [-0.3, -0.25) is 4.79 Å². The van der Waals surface area contributed by atoms with E-state index in [2.05, 4.69) is 60.8 Å². The summed E-state index contributed by atoms with van der Waals surface area (Å²) in [4.78, 5) is 11.3. The lowest BCUT2D eigenvalue weighted by molar-refractivity contribution is -0.118. The Balaban J connectivity index is 3.43. The molecule has 0 aromatic carbocycles. The van der Waals surface area contributed by atoms with Crippen LogP contribution in [0, 0.1) is 0 Å². The van der Waals surface area contributed by atoms with E-state index in [4.69, 9.17) is 0 Å². The Bertz CT molecular complexity index is 391. The lowest BCUT2D eigenvalue weighted by Crippen LogP contribution is -2.17. The SMILES string of the molecule is CCCCCC=CCC=CCC=CCC=CCCCC(=O)CNC. The number of nitrogens with one attached hydrogen (secondary N) is 1. The second kappa shape index (κ2) is 19.6. The Morgan fingerprint density at radius 3 is 1.75 bits per heavy atom. The maximum Gasteiger partial charge on any atom is 0.146 e. The van der Waals surface area contributed by atoms with Crippen LogP contribution in [0.2, 0.25) is 0 Å². The van der Waals surface area contributed by atoms with Crippen LogP contribution >= 0.6 is 0 Å². The number of ketones is 1. The zero-order chi connectivity index (χ0) is 17.7. The summed E-state index contributed by atoms with van der Waals surface area (Å²) in [5, 5.41) is 2.89. The first-order valence-corrected chi connectivity index (χ1v) is 9.57. The van der Waals surface area contributed by atoms with Crippen LogP contribution in [-0.4, -0.2) is 19.4 Å². The molecule has 1 N–H and O–H groups in total. The first-order chi connectivity index (χ1) is 11.8. The largest absolute Gasteiger partial charge is 0.313 e. The van der Waals surface area contributed by atoms with Gasteiger partial charge in [-0.05, 0) is 52.0 Å². The van der Waals surface area contributed by atoms with Crippen molar-refractivity contribution in [3.63, 3.8) is 0 Å². The minimum atomic E-state index is 0.299. The summed E-state index contributed by atoms with van der Waals surface area (Å²) in [5.41, 5.74) is 0. The van der Waals surface area contributed by atoms with Crippen LogP contribution in [-0.2, 0) is 4.79 Å². The molecule has 0 atom stereocenters. The zero-order valence-corrected chi connectivity index (χ0v) is 15.8. The molecule has 24 heavy (non-hydrogen) atoms. The summed E-state index contributed by atoms with van der Waals surface area (Å²) >= 11 is 0. The highest BCUT2D eigenvalue weighted by atomic mass is 16.1. The number of carbonyl (C=O) groups excluding carboxylic acids is 1. The standard InChI is InChI=1S/C22H37NO/c1-3-4-5-6-7-8-9-10-11-12-13-14-15-16-17-18-19-20-22(24)21-23-2/h7-8,10-11,13-14,16-17,23H,3-6,9,12,15,18-21H2,1-2H3. The van der Waals surface area contributed by atoms with Crippen LogP contribution in [0.3, 0.4) is 0 Å². The number of carbonyl (C=O) groups is 1. The smallest absolute Gasteiger partial charge is 0.146 e. The second-order valence-electron chi connectivity index (χ2n) is 6.05. The Morgan fingerprint density at radius 2 is 1.25 bits per heavy atom. The quantitative estimate of drug-likeness (QED) is 0.281. The monoisotopic (exact) mass is 331 g/mol. The molecule has 0 aliphatic rings. The molecule has 0 aromatic rings. The number of likely N-dealkylation sites (N-methyl/N-ethyl adjacent to an activating group) is 1. The van der Waals surface area contributed by atoms with Gasteiger partial charge in [0.2, 0.25) is 0 Å². The molecule has 0 aliphatic carbocycles. The number of Topliss-reactive ketones (excluding diaryl/α,β-unsaturated/α-hetero) is 1. The van der Waals surface area contributed by atoms with Crippen molar-refractivity contribution in [2.45, 2.75) is 71.1 Å². The van der Waals surface area contributed by atoms with Gasteiger partial charge in [0.1, 0.15) is 5.78 Å². The summed E-state index contributed by atoms with van der Waals surface area (Å²) < 4.78 is 0. The normalized spacial score (nSPS) is 12.4. The number of unbranched alkanes of at least 4 members (excludes halogenated alkanes) is 4. The van der Waals surface area contributed by atoms with Gasteiger partial charge in [-0.2, -0.15) is 0 Å². The molecule has 0 saturated heterocycles. The summed E-state index contributed by atoms with van der Waals surface area (Å²) in [6, 6.07) is 0. The number of rotatable bonds is 16. The predicted molar refractivity (Wildman–Crippen MR) is 107 cm³/mol. The van der Waals surface area contributed by atoms with E-state index in [1.165, 1.54) is 25.7 Å². The van der Waals surface area contributed by atoms with E-state index in [1.54, 1.807) is 0 Å². The Kier molecular flexibility index (Phi) is 18.5. The van der Waals surface area contributed by atoms with Gasteiger partial charge in [0.15, 0.2) is 0 Å². The Morgan fingerprint density at radius 1 is 0.750 bits per heavy atom. The lowest BCUT2D eigenvalue weighted by Gasteiger charge is -1.96. The second-order valence-corrected chi connectivity index (χ2v) is 6.05. The fourth-order valence-corrected chi connectivity index (χ4v) is 2.26. The summed E-state index contributed by atoms with van der Waals surface area (Å²) in [7, 11) is 1.81. The van der Waals surface area contributed by atoms with Gasteiger partial charge in [0, 0.05) is 6.42 Å². The first kappa shape index (κ1) is 22.6. The van der Waals surface area contributed by atoms with Crippen molar-refractivity contribution in [1.82, 2.24) is 5.32 Å². The van der Waals surface area contributed by atoms with Crippen molar-refractivity contribution in [3.05, 3.63) is 48.6 Å². The van der Waals surface area contributed by atoms with E-state index < -0.39 is 0 Å². The fourth-order valence-electron chi connectivity index (χ4n) is 2.26. The molecule has 0 heterocycles. The summed E-state index contributed by atoms with van der Waals surface area (Å²) in [5.74, 6) is 0.299. The van der Waals surface area contributed by atoms with E-state index in [0.29, 0.717) is 18.7 Å². The molecule has 0 radical (unpaired) electrons. The van der Waals surface area contributed by atoms with Crippen molar-refractivity contribution in [2.75, 3.05) is 13.6 Å². The van der Waals surface area contributed by atoms with Crippen LogP contribution in [0.4, 0.5) is 0 Å². The van der Waals surface area contributed by atoms with Gasteiger partial charge in [0.25, 0.3) is 0 Å². The molecule has 0 unspecified atom stereocenters. The highest BCUT2D eigenvalue weighted by Crippen LogP contribution is 2.01. The van der Waals surface area contributed by atoms with Crippen LogP contribution < -0.4 is 5.32 Å². The third kappa shape index (κ3) is 18.6. The summed E-state index contributed by atoms with van der Waals surface area (Å²) in [6.45, 7) is 2.74. The van der Waals surface area contributed by atoms with Gasteiger partial charge < -0.3 is 5.32 Å². The average Bonchev–Trinajstić information content (AvgIpc) is 2.58. The first-order valence-electron chi connectivity index (χ1n) is 9.57. The molecule has 0 rings (SSSR count). The van der Waals surface area contributed by atoms with Crippen LogP contribution in [0.5, 0.6) is 0 Å². The minimum absolute atomic E-state index is 0.299. The average molecular weight is 332 g/mol. The van der Waals surface area contributed by atoms with E-state index in [1.807, 2.05) is 7.05 Å². The number of hydrogen-bond acceptors (Lipinski definition) is 2. The van der Waals surface area contributed by atoms with Gasteiger partial charge in [-0.15, -0.1) is 0 Å². The van der Waals surface area contributed by atoms with E-state index in [9.17, 15) is 4.79 Å². The topological polar surface area (TPSA) is 29.1 Å². The molecule has 2 nitrogen and oxygen atoms in total. The third-order valence-electron chi connectivity index (χ3n) is 3.66. The molecule has 2 heteroatoms. The van der Waals surface area contributed by atoms with Gasteiger partial charge in [-0.1, -0.05) is 68.4 Å². The predicted octanol–water partition coefficient (Wildman–Crippen LogP) is 5.92. The minimum Gasteiger partial charge on any atom is -0.313 e. The highest BCUT2D eigenvalue weighted by Gasteiger charge is 1.97. The van der Waals surface area contributed by atoms with Gasteiger partial charge in [0.05, 0.1) is 6.54 Å². The molecule has 0 spiro atoms. The molecular weight excluding hydrogens is 294 g/mol. The lowest BCUT2D eigenvalue weighted by atomic mass is 10.1. The van der Waals surface area contributed by atoms with Gasteiger partial charge in [-0.25, -0.2) is 0 Å². The molecule has 0 amide bonds. The molecule has 0 aromatic heterocycles. The molecule has 0 fully saturated rings. The number of allylic oxidation sites excluding steroid dienone is 8. The maximum absolute atomic E-state index is 11.3. The molecule has 0 saturated carbocycles. The van der Waals surface area contributed by atoms with E-state index >= 15 is 0 Å². The van der Waals surface area contributed by atoms with Crippen LogP contribution in [0.25, 0.3) is 0 Å². The maximum atomic E-state index is 11.3. The fraction of sp³-hybridized carbons (Fsp3) is 0.591.